The van der Waals surface area contributed by atoms with Gasteiger partial charge in [0.2, 0.25) is 5.75 Å². The van der Waals surface area contributed by atoms with Crippen LogP contribution in [0.15, 0.2) is 65.3 Å². The zero-order valence-electron chi connectivity index (χ0n) is 18.1. The molecule has 3 aromatic rings. The molecule has 0 radical (unpaired) electrons. The van der Waals surface area contributed by atoms with Crippen LogP contribution in [0.5, 0.6) is 23.0 Å². The molecule has 31 heavy (non-hydrogen) atoms. The second-order valence-electron chi connectivity index (χ2n) is 7.06. The van der Waals surface area contributed by atoms with E-state index in [-0.39, 0.29) is 6.61 Å². The van der Waals surface area contributed by atoms with Crippen LogP contribution in [0.25, 0.3) is 0 Å². The van der Waals surface area contributed by atoms with Gasteiger partial charge in [-0.25, -0.2) is 0 Å². The molecule has 2 aromatic carbocycles. The summed E-state index contributed by atoms with van der Waals surface area (Å²) >= 11 is 0. The Morgan fingerprint density at radius 3 is 2.19 bits per heavy atom. The third-order valence-corrected chi connectivity index (χ3v) is 4.74. The summed E-state index contributed by atoms with van der Waals surface area (Å²) in [7, 11) is 4.76. The van der Waals surface area contributed by atoms with Gasteiger partial charge in [0.1, 0.15) is 24.2 Å². The Morgan fingerprint density at radius 1 is 0.903 bits per heavy atom. The Balaban J connectivity index is 1.72. The van der Waals surface area contributed by atoms with Crippen molar-refractivity contribution in [1.82, 2.24) is 4.90 Å². The molecular formula is C24H29NO6. The Kier molecular flexibility index (Phi) is 8.20. The van der Waals surface area contributed by atoms with Gasteiger partial charge in [-0.05, 0) is 42.0 Å². The van der Waals surface area contributed by atoms with Crippen LogP contribution >= 0.6 is 0 Å². The number of para-hydroxylation sites is 1. The van der Waals surface area contributed by atoms with Crippen LogP contribution in [0.1, 0.15) is 11.3 Å². The van der Waals surface area contributed by atoms with Crippen molar-refractivity contribution in [2.24, 2.45) is 0 Å². The van der Waals surface area contributed by atoms with Gasteiger partial charge in [-0.2, -0.15) is 0 Å². The molecule has 7 nitrogen and oxygen atoms in total. The summed E-state index contributed by atoms with van der Waals surface area (Å²) in [5.41, 5.74) is 0.956. The molecule has 0 bridgehead atoms. The van der Waals surface area contributed by atoms with Gasteiger partial charge < -0.3 is 28.5 Å². The highest BCUT2D eigenvalue weighted by Gasteiger charge is 2.18. The predicted molar refractivity (Wildman–Crippen MR) is 117 cm³/mol. The van der Waals surface area contributed by atoms with Crippen LogP contribution in [0.2, 0.25) is 0 Å². The molecule has 0 amide bonds. The van der Waals surface area contributed by atoms with Gasteiger partial charge in [0.15, 0.2) is 11.5 Å². The molecule has 1 heterocycles. The maximum atomic E-state index is 10.6. The van der Waals surface area contributed by atoms with Crippen molar-refractivity contribution in [2.75, 3.05) is 34.5 Å². The van der Waals surface area contributed by atoms with E-state index in [1.54, 1.807) is 27.6 Å². The number of hydrogen-bond donors (Lipinski definition) is 1. The SMILES string of the molecule is COc1cc(CN(Cc2ccco2)CC(O)COc2ccccc2)cc(OC)c1OC. The van der Waals surface area contributed by atoms with Gasteiger partial charge in [0.25, 0.3) is 0 Å². The fourth-order valence-electron chi connectivity index (χ4n) is 3.35. The third kappa shape index (κ3) is 6.41. The molecule has 3 rings (SSSR count). The largest absolute Gasteiger partial charge is 0.493 e. The van der Waals surface area contributed by atoms with Gasteiger partial charge in [0, 0.05) is 13.1 Å². The van der Waals surface area contributed by atoms with Crippen molar-refractivity contribution < 1.29 is 28.5 Å². The van der Waals surface area contributed by atoms with E-state index in [2.05, 4.69) is 4.90 Å². The molecule has 0 aliphatic heterocycles. The smallest absolute Gasteiger partial charge is 0.203 e. The molecule has 1 aromatic heterocycles. The normalized spacial score (nSPS) is 11.9. The van der Waals surface area contributed by atoms with E-state index in [4.69, 9.17) is 23.4 Å². The fourth-order valence-corrected chi connectivity index (χ4v) is 3.35. The van der Waals surface area contributed by atoms with Crippen molar-refractivity contribution in [3.8, 4) is 23.0 Å². The molecule has 0 aliphatic rings. The molecule has 0 spiro atoms. The quantitative estimate of drug-likeness (QED) is 0.472. The standard InChI is InChI=1S/C24H29NO6/c1-27-22-12-18(13-23(28-2)24(22)29-3)14-25(16-21-10-7-11-30-21)15-19(26)17-31-20-8-5-4-6-9-20/h4-13,19,26H,14-17H2,1-3H3. The zero-order chi connectivity index (χ0) is 22.1. The van der Waals surface area contributed by atoms with E-state index < -0.39 is 6.10 Å². The summed E-state index contributed by atoms with van der Waals surface area (Å²) in [6.45, 7) is 1.66. The van der Waals surface area contributed by atoms with Crippen molar-refractivity contribution >= 4 is 0 Å². The van der Waals surface area contributed by atoms with Crippen LogP contribution in [0, 0.1) is 0 Å². The van der Waals surface area contributed by atoms with E-state index in [1.807, 2.05) is 54.6 Å². The Bertz CT molecular complexity index is 888. The first-order chi connectivity index (χ1) is 15.1. The summed E-state index contributed by atoms with van der Waals surface area (Å²) < 4.78 is 27.6. The van der Waals surface area contributed by atoms with E-state index in [1.165, 1.54) is 0 Å². The Hall–Kier alpha value is -3.16. The number of aliphatic hydroxyl groups excluding tert-OH is 1. The fraction of sp³-hybridized carbons (Fsp3) is 0.333. The average molecular weight is 427 g/mol. The monoisotopic (exact) mass is 427 g/mol. The topological polar surface area (TPSA) is 73.5 Å². The molecule has 1 N–H and O–H groups in total. The van der Waals surface area contributed by atoms with Crippen LogP contribution < -0.4 is 18.9 Å². The second kappa shape index (κ2) is 11.3. The lowest BCUT2D eigenvalue weighted by Crippen LogP contribution is -2.35. The van der Waals surface area contributed by atoms with E-state index in [0.717, 1.165) is 17.1 Å². The molecule has 0 aliphatic carbocycles. The van der Waals surface area contributed by atoms with E-state index >= 15 is 0 Å². The molecule has 1 unspecified atom stereocenters. The summed E-state index contributed by atoms with van der Waals surface area (Å²) in [5.74, 6) is 3.25. The number of nitrogens with zero attached hydrogens (tertiary/aromatic N) is 1. The van der Waals surface area contributed by atoms with Crippen molar-refractivity contribution in [2.45, 2.75) is 19.2 Å². The summed E-state index contributed by atoms with van der Waals surface area (Å²) in [6.07, 6.45) is 0.958. The minimum Gasteiger partial charge on any atom is -0.493 e. The molecular weight excluding hydrogens is 398 g/mol. The average Bonchev–Trinajstić information content (AvgIpc) is 3.30. The van der Waals surface area contributed by atoms with Gasteiger partial charge in [0.05, 0.1) is 34.1 Å². The van der Waals surface area contributed by atoms with E-state index in [9.17, 15) is 5.11 Å². The first kappa shape index (κ1) is 22.5. The number of furan rings is 1. The van der Waals surface area contributed by atoms with E-state index in [0.29, 0.717) is 36.9 Å². The summed E-state index contributed by atoms with van der Waals surface area (Å²) in [6, 6.07) is 17.0. The highest BCUT2D eigenvalue weighted by molar-refractivity contribution is 5.53. The summed E-state index contributed by atoms with van der Waals surface area (Å²) in [5, 5.41) is 10.6. The lowest BCUT2D eigenvalue weighted by molar-refractivity contribution is 0.0604. The van der Waals surface area contributed by atoms with Crippen molar-refractivity contribution in [3.05, 3.63) is 72.2 Å². The first-order valence-electron chi connectivity index (χ1n) is 10.0. The number of methoxy groups -OCH3 is 3. The molecule has 0 saturated heterocycles. The zero-order valence-corrected chi connectivity index (χ0v) is 18.1. The number of hydrogen-bond acceptors (Lipinski definition) is 7. The molecule has 7 heteroatoms. The molecule has 1 atom stereocenters. The lowest BCUT2D eigenvalue weighted by Gasteiger charge is -2.25. The minimum absolute atomic E-state index is 0.188. The Morgan fingerprint density at radius 2 is 1.61 bits per heavy atom. The maximum Gasteiger partial charge on any atom is 0.203 e. The molecule has 0 fully saturated rings. The number of benzene rings is 2. The van der Waals surface area contributed by atoms with Gasteiger partial charge >= 0.3 is 0 Å². The number of aliphatic hydroxyl groups is 1. The minimum atomic E-state index is -0.683. The summed E-state index contributed by atoms with van der Waals surface area (Å²) in [4.78, 5) is 2.08. The van der Waals surface area contributed by atoms with Crippen LogP contribution in [-0.4, -0.2) is 50.6 Å². The number of ether oxygens (including phenoxy) is 4. The van der Waals surface area contributed by atoms with Crippen LogP contribution in [0.4, 0.5) is 0 Å². The van der Waals surface area contributed by atoms with Gasteiger partial charge in [-0.3, -0.25) is 4.90 Å². The van der Waals surface area contributed by atoms with Gasteiger partial charge in [-0.1, -0.05) is 18.2 Å². The second-order valence-corrected chi connectivity index (χ2v) is 7.06. The van der Waals surface area contributed by atoms with Crippen LogP contribution in [-0.2, 0) is 13.1 Å². The maximum absolute atomic E-state index is 10.6. The predicted octanol–water partition coefficient (Wildman–Crippen LogP) is 3.75. The highest BCUT2D eigenvalue weighted by atomic mass is 16.5. The third-order valence-electron chi connectivity index (χ3n) is 4.74. The number of rotatable bonds is 12. The Labute approximate surface area is 182 Å². The molecule has 0 saturated carbocycles. The first-order valence-corrected chi connectivity index (χ1v) is 10.0. The van der Waals surface area contributed by atoms with Gasteiger partial charge in [-0.15, -0.1) is 0 Å². The van der Waals surface area contributed by atoms with Crippen molar-refractivity contribution in [3.63, 3.8) is 0 Å². The highest BCUT2D eigenvalue weighted by Crippen LogP contribution is 2.38. The molecule has 166 valence electrons. The lowest BCUT2D eigenvalue weighted by atomic mass is 10.1. The van der Waals surface area contributed by atoms with Crippen LogP contribution in [0.3, 0.4) is 0 Å². The van der Waals surface area contributed by atoms with Crippen molar-refractivity contribution in [1.29, 1.82) is 0 Å².